The van der Waals surface area contributed by atoms with Gasteiger partial charge in [0.05, 0.1) is 5.69 Å². The summed E-state index contributed by atoms with van der Waals surface area (Å²) in [5, 5.41) is 17.5. The van der Waals surface area contributed by atoms with Crippen molar-refractivity contribution in [2.75, 3.05) is 18.4 Å². The summed E-state index contributed by atoms with van der Waals surface area (Å²) in [4.78, 5) is 8.70. The van der Waals surface area contributed by atoms with Crippen molar-refractivity contribution in [1.29, 1.82) is 0 Å². The number of phenolic OH excluding ortho intramolecular Hbond substituents is 1. The molecule has 1 saturated heterocycles. The third-order valence-electron chi connectivity index (χ3n) is 6.26. The second-order valence-corrected chi connectivity index (χ2v) is 7.74. The fourth-order valence-electron chi connectivity index (χ4n) is 5.30. The summed E-state index contributed by atoms with van der Waals surface area (Å²) in [5.74, 6) is 1.21. The Kier molecular flexibility index (Phi) is 5.70. The van der Waals surface area contributed by atoms with Crippen LogP contribution < -0.4 is 10.6 Å². The highest BCUT2D eigenvalue weighted by atomic mass is 19.4. The predicted octanol–water partition coefficient (Wildman–Crippen LogP) is 3.92. The van der Waals surface area contributed by atoms with E-state index in [1.54, 1.807) is 0 Å². The molecule has 150 valence electrons. The number of carbonyl (C=O) groups is 1. The number of alkyl halides is 3. The quantitative estimate of drug-likeness (QED) is 0.534. The molecule has 0 radical (unpaired) electrons. The molecule has 2 aliphatic carbocycles. The van der Waals surface area contributed by atoms with Crippen LogP contribution in [0.5, 0.6) is 5.75 Å². The zero-order valence-electron chi connectivity index (χ0n) is 15.5. The first-order valence-corrected chi connectivity index (χ1v) is 9.67. The van der Waals surface area contributed by atoms with Crippen LogP contribution in [0.3, 0.4) is 0 Å². The SMILES string of the molecule is CCNc1cc2c(cc1O)[C@]13CCCC[C@@H]1[C@H](C2)NCC3.O=CC(F)(F)F. The van der Waals surface area contributed by atoms with Crippen molar-refractivity contribution in [3.8, 4) is 5.75 Å². The van der Waals surface area contributed by atoms with Gasteiger partial charge in [-0.2, -0.15) is 13.2 Å². The summed E-state index contributed by atoms with van der Waals surface area (Å²) in [5.41, 5.74) is 4.16. The molecule has 0 amide bonds. The molecule has 1 aromatic carbocycles. The lowest BCUT2D eigenvalue weighted by molar-refractivity contribution is -0.156. The van der Waals surface area contributed by atoms with E-state index in [9.17, 15) is 18.3 Å². The van der Waals surface area contributed by atoms with Gasteiger partial charge in [-0.1, -0.05) is 12.8 Å². The number of fused-ring (bicyclic) bond motifs is 1. The molecule has 3 aliphatic rings. The summed E-state index contributed by atoms with van der Waals surface area (Å²) in [7, 11) is 0. The Bertz CT molecular complexity index is 689. The van der Waals surface area contributed by atoms with E-state index in [4.69, 9.17) is 4.79 Å². The summed E-state index contributed by atoms with van der Waals surface area (Å²) < 4.78 is 31.2. The summed E-state index contributed by atoms with van der Waals surface area (Å²) >= 11 is 0. The van der Waals surface area contributed by atoms with E-state index in [1.165, 1.54) is 43.2 Å². The third-order valence-corrected chi connectivity index (χ3v) is 6.26. The number of carbonyl (C=O) groups excluding carboxylic acids is 1. The Balaban J connectivity index is 0.000000307. The van der Waals surface area contributed by atoms with Crippen LogP contribution in [0.2, 0.25) is 0 Å². The predicted molar refractivity (Wildman–Crippen MR) is 98.1 cm³/mol. The molecule has 3 atom stereocenters. The van der Waals surface area contributed by atoms with Gasteiger partial charge >= 0.3 is 6.18 Å². The number of hydrogen-bond acceptors (Lipinski definition) is 4. The number of anilines is 1. The molecule has 0 unspecified atom stereocenters. The Labute approximate surface area is 157 Å². The first-order valence-electron chi connectivity index (χ1n) is 9.67. The van der Waals surface area contributed by atoms with E-state index < -0.39 is 12.5 Å². The van der Waals surface area contributed by atoms with Crippen molar-refractivity contribution in [3.05, 3.63) is 23.3 Å². The van der Waals surface area contributed by atoms with E-state index in [-0.39, 0.29) is 0 Å². The van der Waals surface area contributed by atoms with Crippen LogP contribution in [0.25, 0.3) is 0 Å². The summed E-state index contributed by atoms with van der Waals surface area (Å²) in [6.07, 6.45) is 2.05. The van der Waals surface area contributed by atoms with Gasteiger partial charge in [-0.3, -0.25) is 4.79 Å². The molecule has 1 saturated carbocycles. The van der Waals surface area contributed by atoms with Crippen LogP contribution in [-0.4, -0.2) is 36.7 Å². The fraction of sp³-hybridized carbons (Fsp3) is 0.650. The van der Waals surface area contributed by atoms with Gasteiger partial charge in [0, 0.05) is 18.0 Å². The van der Waals surface area contributed by atoms with Crippen molar-refractivity contribution >= 4 is 12.0 Å². The van der Waals surface area contributed by atoms with Crippen molar-refractivity contribution in [2.24, 2.45) is 5.92 Å². The molecule has 1 aliphatic heterocycles. The number of nitrogens with one attached hydrogen (secondary N) is 2. The Morgan fingerprint density at radius 3 is 2.74 bits per heavy atom. The van der Waals surface area contributed by atoms with Crippen LogP contribution in [0.1, 0.15) is 50.2 Å². The van der Waals surface area contributed by atoms with Crippen molar-refractivity contribution < 1.29 is 23.1 Å². The van der Waals surface area contributed by atoms with Crippen molar-refractivity contribution in [3.63, 3.8) is 0 Å². The van der Waals surface area contributed by atoms with Gasteiger partial charge in [0.15, 0.2) is 0 Å². The minimum absolute atomic E-state index is 0.337. The number of phenols is 1. The Hall–Kier alpha value is -1.76. The molecule has 4 rings (SSSR count). The molecule has 4 nitrogen and oxygen atoms in total. The smallest absolute Gasteiger partial charge is 0.446 e. The van der Waals surface area contributed by atoms with Crippen molar-refractivity contribution in [2.45, 2.75) is 63.1 Å². The zero-order chi connectivity index (χ0) is 19.7. The van der Waals surface area contributed by atoms with Crippen LogP contribution in [0.15, 0.2) is 12.1 Å². The molecule has 1 aromatic rings. The van der Waals surface area contributed by atoms with E-state index >= 15 is 0 Å². The lowest BCUT2D eigenvalue weighted by Gasteiger charge is -2.56. The van der Waals surface area contributed by atoms with Gasteiger partial charge in [0.1, 0.15) is 5.75 Å². The average Bonchev–Trinajstić information content (AvgIpc) is 2.63. The highest BCUT2D eigenvalue weighted by Crippen LogP contribution is 2.55. The van der Waals surface area contributed by atoms with Gasteiger partial charge in [-0.05, 0) is 68.3 Å². The average molecular weight is 384 g/mol. The Morgan fingerprint density at radius 2 is 2.07 bits per heavy atom. The number of aromatic hydroxyl groups is 1. The molecule has 2 bridgehead atoms. The first-order chi connectivity index (χ1) is 12.8. The third kappa shape index (κ3) is 3.93. The number of aldehydes is 1. The number of hydrogen-bond donors (Lipinski definition) is 3. The normalized spacial score (nSPS) is 28.9. The lowest BCUT2D eigenvalue weighted by atomic mass is 9.53. The van der Waals surface area contributed by atoms with E-state index in [0.717, 1.165) is 31.1 Å². The maximum Gasteiger partial charge on any atom is 0.446 e. The number of halogens is 3. The largest absolute Gasteiger partial charge is 0.506 e. The van der Waals surface area contributed by atoms with Crippen molar-refractivity contribution in [1.82, 2.24) is 5.32 Å². The molecule has 3 N–H and O–H groups in total. The summed E-state index contributed by atoms with van der Waals surface area (Å²) in [6, 6.07) is 4.94. The van der Waals surface area contributed by atoms with E-state index in [0.29, 0.717) is 17.2 Å². The monoisotopic (exact) mass is 384 g/mol. The minimum atomic E-state index is -4.64. The van der Waals surface area contributed by atoms with Crippen LogP contribution in [0, 0.1) is 5.92 Å². The van der Waals surface area contributed by atoms with Gasteiger partial charge in [-0.15, -0.1) is 0 Å². The minimum Gasteiger partial charge on any atom is -0.506 e. The maximum atomic E-state index is 10.4. The topological polar surface area (TPSA) is 61.4 Å². The standard InChI is InChI=1S/C18H26N2O.C2HF3O/c1-2-19-16-10-12-9-15-13-5-3-4-6-18(13,7-8-20-15)14(12)11-17(16)21;3-2(4,5)1-6/h10-11,13,15,19-21H,2-9H2,1H3;1H/t13-,15+,18+;/m1./s1. The van der Waals surface area contributed by atoms with E-state index in [1.807, 2.05) is 0 Å². The number of rotatable bonds is 2. The highest BCUT2D eigenvalue weighted by molar-refractivity contribution is 5.62. The molecular formula is C20H27F3N2O2. The fourth-order valence-corrected chi connectivity index (χ4v) is 5.30. The molecule has 1 heterocycles. The zero-order valence-corrected chi connectivity index (χ0v) is 15.5. The Morgan fingerprint density at radius 1 is 1.33 bits per heavy atom. The van der Waals surface area contributed by atoms with Crippen LogP contribution >= 0.6 is 0 Å². The lowest BCUT2D eigenvalue weighted by Crippen LogP contribution is -2.59. The summed E-state index contributed by atoms with van der Waals surface area (Å²) in [6.45, 7) is 4.06. The van der Waals surface area contributed by atoms with Gasteiger partial charge in [-0.25, -0.2) is 0 Å². The number of piperidine rings is 1. The molecular weight excluding hydrogens is 357 g/mol. The van der Waals surface area contributed by atoms with Crippen LogP contribution in [0.4, 0.5) is 18.9 Å². The molecule has 0 aromatic heterocycles. The molecule has 27 heavy (non-hydrogen) atoms. The molecule has 2 fully saturated rings. The maximum absolute atomic E-state index is 10.4. The second kappa shape index (κ2) is 7.70. The first kappa shape index (κ1) is 20.0. The molecule has 0 spiro atoms. The molecule has 7 heteroatoms. The van der Waals surface area contributed by atoms with Gasteiger partial charge < -0.3 is 15.7 Å². The van der Waals surface area contributed by atoms with Gasteiger partial charge in [0.2, 0.25) is 6.29 Å². The second-order valence-electron chi connectivity index (χ2n) is 7.74. The van der Waals surface area contributed by atoms with Crippen LogP contribution in [-0.2, 0) is 16.6 Å². The highest BCUT2D eigenvalue weighted by Gasteiger charge is 2.51. The number of benzene rings is 1. The van der Waals surface area contributed by atoms with E-state index in [2.05, 4.69) is 29.7 Å². The van der Waals surface area contributed by atoms with Gasteiger partial charge in [0.25, 0.3) is 0 Å².